The third-order valence-electron chi connectivity index (χ3n) is 2.97. The molecule has 0 spiro atoms. The van der Waals surface area contributed by atoms with Gasteiger partial charge in [0.25, 0.3) is 5.91 Å². The highest BCUT2D eigenvalue weighted by Gasteiger charge is 2.12. The van der Waals surface area contributed by atoms with E-state index < -0.39 is 0 Å². The van der Waals surface area contributed by atoms with Gasteiger partial charge in [0.05, 0.1) is 5.69 Å². The van der Waals surface area contributed by atoms with Crippen LogP contribution in [0, 0.1) is 6.92 Å². The van der Waals surface area contributed by atoms with Crippen molar-refractivity contribution in [3.05, 3.63) is 57.6 Å². The minimum absolute atomic E-state index is 0.0754. The Balaban J connectivity index is 2.33. The van der Waals surface area contributed by atoms with Crippen molar-refractivity contribution in [2.45, 2.75) is 6.92 Å². The molecule has 0 unspecified atom stereocenters. The molecule has 0 saturated heterocycles. The van der Waals surface area contributed by atoms with Crippen molar-refractivity contribution < 1.29 is 9.90 Å². The Bertz CT molecular complexity index is 732. The van der Waals surface area contributed by atoms with Crippen molar-refractivity contribution in [1.82, 2.24) is 0 Å². The van der Waals surface area contributed by atoms with Crippen LogP contribution in [0.5, 0.6) is 5.75 Å². The minimum atomic E-state index is -0.346. The van der Waals surface area contributed by atoms with E-state index in [-0.39, 0.29) is 16.6 Å². The maximum Gasteiger partial charge on any atom is 0.255 e. The molecule has 21 heavy (non-hydrogen) atoms. The molecule has 0 atom stereocenters. The van der Waals surface area contributed by atoms with Crippen LogP contribution in [0.3, 0.4) is 0 Å². The van der Waals surface area contributed by atoms with Gasteiger partial charge in [0.1, 0.15) is 10.7 Å². The first-order valence-corrected chi connectivity index (χ1v) is 7.29. The summed E-state index contributed by atoms with van der Waals surface area (Å²) < 4.78 is 0.796. The number of aryl methyl sites for hydroxylation is 1. The number of aromatic hydroxyl groups is 1. The van der Waals surface area contributed by atoms with E-state index in [4.69, 9.17) is 18.0 Å². The molecule has 1 amide bonds. The molecule has 0 radical (unpaired) electrons. The first-order valence-electron chi connectivity index (χ1n) is 6.09. The second-order valence-corrected chi connectivity index (χ2v) is 5.87. The molecule has 0 aliphatic carbocycles. The van der Waals surface area contributed by atoms with Gasteiger partial charge in [-0.15, -0.1) is 0 Å². The normalized spacial score (nSPS) is 10.2. The van der Waals surface area contributed by atoms with Gasteiger partial charge in [0.15, 0.2) is 0 Å². The molecule has 2 aromatic carbocycles. The average Bonchev–Trinajstić information content (AvgIpc) is 2.41. The fraction of sp³-hybridized carbons (Fsp3) is 0.0667. The number of rotatable bonds is 3. The molecule has 0 fully saturated rings. The largest absolute Gasteiger partial charge is 0.508 e. The van der Waals surface area contributed by atoms with Gasteiger partial charge < -0.3 is 16.2 Å². The number of phenolic OH excluding ortho intramolecular Hbond substituents is 1. The van der Waals surface area contributed by atoms with E-state index in [0.29, 0.717) is 22.4 Å². The predicted octanol–water partition coefficient (Wildman–Crippen LogP) is 3.35. The summed E-state index contributed by atoms with van der Waals surface area (Å²) in [6.45, 7) is 1.76. The van der Waals surface area contributed by atoms with Gasteiger partial charge in [0, 0.05) is 15.6 Å². The summed E-state index contributed by atoms with van der Waals surface area (Å²) in [5.41, 5.74) is 7.80. The van der Waals surface area contributed by atoms with E-state index in [1.165, 1.54) is 6.07 Å². The number of nitrogens with two attached hydrogens (primary N) is 1. The van der Waals surface area contributed by atoms with Crippen LogP contribution in [0.25, 0.3) is 0 Å². The Hall–Kier alpha value is -1.92. The Morgan fingerprint density at radius 2 is 2.00 bits per heavy atom. The zero-order valence-electron chi connectivity index (χ0n) is 11.2. The number of carbonyl (C=O) groups excluding carboxylic acids is 1. The van der Waals surface area contributed by atoms with Crippen LogP contribution in [0.4, 0.5) is 5.69 Å². The maximum absolute atomic E-state index is 12.2. The zero-order valence-corrected chi connectivity index (χ0v) is 13.6. The molecular formula is C15H13BrN2O2S. The summed E-state index contributed by atoms with van der Waals surface area (Å²) in [5, 5.41) is 12.4. The first kappa shape index (κ1) is 15.5. The highest BCUT2D eigenvalue weighted by molar-refractivity contribution is 9.10. The second kappa shape index (κ2) is 6.24. The van der Waals surface area contributed by atoms with Crippen LogP contribution >= 0.6 is 28.1 Å². The molecule has 0 aliphatic rings. The Morgan fingerprint density at radius 1 is 1.29 bits per heavy atom. The number of hydrogen-bond acceptors (Lipinski definition) is 3. The summed E-state index contributed by atoms with van der Waals surface area (Å²) in [5.74, 6) is -0.271. The standard InChI is InChI=1S/C15H13BrN2O2S/c1-8-2-3-9(6-13(8)19)15(20)18-12-7-10(16)4-5-11(12)14(17)21/h2-7,19H,1H3,(H2,17,21)(H,18,20). The lowest BCUT2D eigenvalue weighted by Gasteiger charge is -2.11. The number of thiocarbonyl (C=S) groups is 1. The van der Waals surface area contributed by atoms with Crippen molar-refractivity contribution in [3.63, 3.8) is 0 Å². The minimum Gasteiger partial charge on any atom is -0.508 e. The predicted molar refractivity (Wildman–Crippen MR) is 90.8 cm³/mol. The van der Waals surface area contributed by atoms with Crippen LogP contribution in [0.2, 0.25) is 0 Å². The van der Waals surface area contributed by atoms with Crippen molar-refractivity contribution in [2.24, 2.45) is 5.73 Å². The topological polar surface area (TPSA) is 75.4 Å². The van der Waals surface area contributed by atoms with Crippen LogP contribution in [0.15, 0.2) is 40.9 Å². The van der Waals surface area contributed by atoms with Crippen molar-refractivity contribution >= 4 is 44.7 Å². The second-order valence-electron chi connectivity index (χ2n) is 4.51. The lowest BCUT2D eigenvalue weighted by atomic mass is 10.1. The molecule has 0 aromatic heterocycles. The number of carbonyl (C=O) groups is 1. The number of hydrogen-bond donors (Lipinski definition) is 3. The SMILES string of the molecule is Cc1ccc(C(=O)Nc2cc(Br)ccc2C(N)=S)cc1O. The number of phenols is 1. The number of amides is 1. The van der Waals surface area contributed by atoms with Crippen LogP contribution < -0.4 is 11.1 Å². The van der Waals surface area contributed by atoms with E-state index in [1.54, 1.807) is 37.3 Å². The molecular weight excluding hydrogens is 352 g/mol. The molecule has 108 valence electrons. The van der Waals surface area contributed by atoms with Gasteiger partial charge in [-0.2, -0.15) is 0 Å². The molecule has 0 aliphatic heterocycles. The lowest BCUT2D eigenvalue weighted by Crippen LogP contribution is -2.17. The quantitative estimate of drug-likeness (QED) is 0.730. The first-order chi connectivity index (χ1) is 9.88. The van der Waals surface area contributed by atoms with Crippen LogP contribution in [0.1, 0.15) is 21.5 Å². The molecule has 2 aromatic rings. The molecule has 4 nitrogen and oxygen atoms in total. The van der Waals surface area contributed by atoms with Gasteiger partial charge in [-0.1, -0.05) is 34.2 Å². The number of anilines is 1. The van der Waals surface area contributed by atoms with Crippen molar-refractivity contribution in [1.29, 1.82) is 0 Å². The molecule has 4 N–H and O–H groups in total. The number of halogens is 1. The average molecular weight is 365 g/mol. The van der Waals surface area contributed by atoms with E-state index in [0.717, 1.165) is 4.47 Å². The van der Waals surface area contributed by atoms with E-state index in [1.807, 2.05) is 0 Å². The summed E-state index contributed by atoms with van der Waals surface area (Å²) in [6.07, 6.45) is 0. The number of nitrogens with one attached hydrogen (secondary N) is 1. The lowest BCUT2D eigenvalue weighted by molar-refractivity contribution is 0.102. The fourth-order valence-corrected chi connectivity index (χ4v) is 2.32. The van der Waals surface area contributed by atoms with Gasteiger partial charge in [-0.05, 0) is 42.8 Å². The molecule has 2 rings (SSSR count). The summed E-state index contributed by atoms with van der Waals surface area (Å²) >= 11 is 8.31. The zero-order chi connectivity index (χ0) is 15.6. The summed E-state index contributed by atoms with van der Waals surface area (Å²) in [6, 6.07) is 9.99. The van der Waals surface area contributed by atoms with E-state index in [9.17, 15) is 9.90 Å². The van der Waals surface area contributed by atoms with E-state index >= 15 is 0 Å². The molecule has 0 bridgehead atoms. The summed E-state index contributed by atoms with van der Waals surface area (Å²) in [7, 11) is 0. The van der Waals surface area contributed by atoms with Gasteiger partial charge in [-0.25, -0.2) is 0 Å². The Kier molecular flexibility index (Phi) is 4.59. The van der Waals surface area contributed by atoms with Crippen LogP contribution in [-0.4, -0.2) is 16.0 Å². The molecule has 0 saturated carbocycles. The third kappa shape index (κ3) is 3.59. The maximum atomic E-state index is 12.2. The van der Waals surface area contributed by atoms with Gasteiger partial charge in [-0.3, -0.25) is 4.79 Å². The summed E-state index contributed by atoms with van der Waals surface area (Å²) in [4.78, 5) is 12.4. The van der Waals surface area contributed by atoms with Crippen molar-refractivity contribution in [3.8, 4) is 5.75 Å². The third-order valence-corrected chi connectivity index (χ3v) is 3.68. The number of benzene rings is 2. The monoisotopic (exact) mass is 364 g/mol. The highest BCUT2D eigenvalue weighted by Crippen LogP contribution is 2.23. The van der Waals surface area contributed by atoms with E-state index in [2.05, 4.69) is 21.2 Å². The Morgan fingerprint density at radius 3 is 2.62 bits per heavy atom. The Labute approximate surface area is 136 Å². The smallest absolute Gasteiger partial charge is 0.255 e. The van der Waals surface area contributed by atoms with Gasteiger partial charge >= 0.3 is 0 Å². The van der Waals surface area contributed by atoms with Gasteiger partial charge in [0.2, 0.25) is 0 Å². The van der Waals surface area contributed by atoms with Crippen LogP contribution in [-0.2, 0) is 0 Å². The fourth-order valence-electron chi connectivity index (χ4n) is 1.78. The highest BCUT2D eigenvalue weighted by atomic mass is 79.9. The van der Waals surface area contributed by atoms with Crippen molar-refractivity contribution in [2.75, 3.05) is 5.32 Å². The molecule has 0 heterocycles. The molecule has 6 heteroatoms.